The maximum atomic E-state index is 12.2. The molecule has 14 heavy (non-hydrogen) atoms. The molecular formula is C7H4BF3KNS. The van der Waals surface area contributed by atoms with Gasteiger partial charge in [0, 0.05) is 0 Å². The largest absolute Gasteiger partial charge is 1.00 e. The number of isothiocyanates is 1. The summed E-state index contributed by atoms with van der Waals surface area (Å²) in [5, 5.41) is 2.01. The van der Waals surface area contributed by atoms with Crippen molar-refractivity contribution in [3.8, 4) is 0 Å². The van der Waals surface area contributed by atoms with Gasteiger partial charge in [0.05, 0.1) is 10.8 Å². The first-order chi connectivity index (χ1) is 6.04. The van der Waals surface area contributed by atoms with Crippen LogP contribution in [-0.2, 0) is 0 Å². The molecule has 0 aliphatic carbocycles. The SMILES string of the molecule is F[B-](F)(F)c1cccc(N=C=S)c1.[K+]. The van der Waals surface area contributed by atoms with Gasteiger partial charge in [0.1, 0.15) is 0 Å². The molecule has 0 aliphatic rings. The van der Waals surface area contributed by atoms with E-state index < -0.39 is 12.4 Å². The molecule has 0 saturated heterocycles. The fourth-order valence-electron chi connectivity index (χ4n) is 0.851. The number of hydrogen-bond acceptors (Lipinski definition) is 2. The molecule has 68 valence electrons. The smallest absolute Gasteiger partial charge is 0.445 e. The van der Waals surface area contributed by atoms with Crippen molar-refractivity contribution in [3.05, 3.63) is 24.3 Å². The predicted octanol–water partition coefficient (Wildman–Crippen LogP) is -0.521. The second-order valence-electron chi connectivity index (χ2n) is 2.37. The standard InChI is InChI=1S/C7H4BF3NS.K/c9-8(10,11)6-2-1-3-7(4-6)12-5-13;/h1-4H;/q-1;+1. The molecule has 1 nitrogen and oxygen atoms in total. The summed E-state index contributed by atoms with van der Waals surface area (Å²) in [5.74, 6) is 0. The molecule has 7 heteroatoms. The van der Waals surface area contributed by atoms with E-state index in [1.165, 1.54) is 12.1 Å². The average molecular weight is 241 g/mol. The summed E-state index contributed by atoms with van der Waals surface area (Å²) in [4.78, 5) is 3.46. The number of aliphatic imine (C=N–C) groups is 1. The van der Waals surface area contributed by atoms with Crippen molar-refractivity contribution in [2.24, 2.45) is 4.99 Å². The molecule has 0 heterocycles. The summed E-state index contributed by atoms with van der Waals surface area (Å²) >= 11 is 4.28. The Hall–Kier alpha value is 0.511. The van der Waals surface area contributed by atoms with Gasteiger partial charge in [0.2, 0.25) is 0 Å². The van der Waals surface area contributed by atoms with E-state index in [2.05, 4.69) is 17.2 Å². The summed E-state index contributed by atoms with van der Waals surface area (Å²) in [6.07, 6.45) is 0. The van der Waals surface area contributed by atoms with Crippen LogP contribution in [0.15, 0.2) is 29.3 Å². The minimum absolute atomic E-state index is 0. The molecule has 0 aromatic heterocycles. The Morgan fingerprint density at radius 2 is 1.93 bits per heavy atom. The maximum Gasteiger partial charge on any atom is 1.00 e. The second-order valence-corrected chi connectivity index (χ2v) is 2.56. The fraction of sp³-hybridized carbons (Fsp3) is 0. The van der Waals surface area contributed by atoms with Crippen LogP contribution in [0.3, 0.4) is 0 Å². The molecule has 1 aromatic rings. The summed E-state index contributed by atoms with van der Waals surface area (Å²) in [5.41, 5.74) is -0.502. The van der Waals surface area contributed by atoms with Crippen LogP contribution in [0, 0.1) is 0 Å². The summed E-state index contributed by atoms with van der Waals surface area (Å²) in [7, 11) is 0. The van der Waals surface area contributed by atoms with Gasteiger partial charge in [-0.15, -0.1) is 5.46 Å². The molecule has 0 spiro atoms. The van der Waals surface area contributed by atoms with Crippen molar-refractivity contribution in [2.75, 3.05) is 0 Å². The number of halogens is 3. The summed E-state index contributed by atoms with van der Waals surface area (Å²) in [6, 6.07) is 4.67. The maximum absolute atomic E-state index is 12.2. The van der Waals surface area contributed by atoms with Crippen molar-refractivity contribution in [3.63, 3.8) is 0 Å². The predicted molar refractivity (Wildman–Crippen MR) is 49.8 cm³/mol. The normalized spacial score (nSPS) is 9.93. The van der Waals surface area contributed by atoms with Gasteiger partial charge in [-0.1, -0.05) is 18.2 Å². The van der Waals surface area contributed by atoms with Crippen LogP contribution in [-0.4, -0.2) is 12.1 Å². The third-order valence-electron chi connectivity index (χ3n) is 1.42. The van der Waals surface area contributed by atoms with E-state index in [9.17, 15) is 12.9 Å². The molecule has 0 bridgehead atoms. The molecule has 0 saturated carbocycles. The minimum atomic E-state index is -4.96. The summed E-state index contributed by atoms with van der Waals surface area (Å²) in [6.45, 7) is -4.96. The van der Waals surface area contributed by atoms with Crippen molar-refractivity contribution >= 4 is 35.5 Å². The van der Waals surface area contributed by atoms with Gasteiger partial charge in [-0.3, -0.25) is 0 Å². The van der Waals surface area contributed by atoms with Gasteiger partial charge in [-0.05, 0) is 18.3 Å². The first-order valence-corrected chi connectivity index (χ1v) is 3.82. The van der Waals surface area contributed by atoms with Crippen molar-refractivity contribution in [2.45, 2.75) is 0 Å². The molecule has 0 fully saturated rings. The van der Waals surface area contributed by atoms with Crippen molar-refractivity contribution < 1.29 is 64.3 Å². The van der Waals surface area contributed by atoms with Gasteiger partial charge in [0.25, 0.3) is 0 Å². The molecular weight excluding hydrogens is 237 g/mol. The number of hydrogen-bond donors (Lipinski definition) is 0. The van der Waals surface area contributed by atoms with Gasteiger partial charge in [0.15, 0.2) is 0 Å². The Morgan fingerprint density at radius 1 is 1.29 bits per heavy atom. The van der Waals surface area contributed by atoms with Crippen LogP contribution in [0.2, 0.25) is 0 Å². The van der Waals surface area contributed by atoms with E-state index in [4.69, 9.17) is 0 Å². The van der Waals surface area contributed by atoms with Gasteiger partial charge in [-0.2, -0.15) is 4.99 Å². The zero-order chi connectivity index (χ0) is 9.90. The summed E-state index contributed by atoms with van der Waals surface area (Å²) < 4.78 is 36.5. The van der Waals surface area contributed by atoms with Crippen LogP contribution >= 0.6 is 12.2 Å². The third-order valence-corrected chi connectivity index (χ3v) is 1.51. The Labute approximate surface area is 127 Å². The molecule has 0 aliphatic heterocycles. The number of benzene rings is 1. The molecule has 0 unspecified atom stereocenters. The van der Waals surface area contributed by atoms with Crippen LogP contribution in [0.1, 0.15) is 0 Å². The van der Waals surface area contributed by atoms with Gasteiger partial charge in [-0.25, -0.2) is 0 Å². The average Bonchev–Trinajstić information content (AvgIpc) is 2.04. The molecule has 1 aromatic carbocycles. The Bertz CT molecular complexity index is 362. The van der Waals surface area contributed by atoms with Crippen LogP contribution in [0.25, 0.3) is 0 Å². The van der Waals surface area contributed by atoms with E-state index in [1.807, 2.05) is 5.16 Å². The van der Waals surface area contributed by atoms with Crippen LogP contribution < -0.4 is 56.8 Å². The monoisotopic (exact) mass is 241 g/mol. The zero-order valence-electron chi connectivity index (χ0n) is 7.38. The quantitative estimate of drug-likeness (QED) is 0.385. The van der Waals surface area contributed by atoms with E-state index in [1.54, 1.807) is 0 Å². The topological polar surface area (TPSA) is 12.4 Å². The Kier molecular flexibility index (Phi) is 6.40. The molecule has 1 rings (SSSR count). The number of rotatable bonds is 2. The van der Waals surface area contributed by atoms with Gasteiger partial charge >= 0.3 is 58.4 Å². The molecule has 0 N–H and O–H groups in total. The molecule has 0 atom stereocenters. The first-order valence-electron chi connectivity index (χ1n) is 3.42. The zero-order valence-corrected chi connectivity index (χ0v) is 11.3. The van der Waals surface area contributed by atoms with Crippen LogP contribution in [0.5, 0.6) is 0 Å². The third kappa shape index (κ3) is 4.35. The van der Waals surface area contributed by atoms with Crippen molar-refractivity contribution in [1.29, 1.82) is 0 Å². The Balaban J connectivity index is 0.00000169. The van der Waals surface area contributed by atoms with E-state index in [0.29, 0.717) is 0 Å². The van der Waals surface area contributed by atoms with Crippen molar-refractivity contribution in [1.82, 2.24) is 0 Å². The van der Waals surface area contributed by atoms with E-state index >= 15 is 0 Å². The van der Waals surface area contributed by atoms with E-state index in [-0.39, 0.29) is 57.1 Å². The molecule has 0 radical (unpaired) electrons. The Morgan fingerprint density at radius 3 is 2.43 bits per heavy atom. The molecule has 0 amide bonds. The second kappa shape index (κ2) is 6.17. The number of thiocarbonyl (C=S) groups is 1. The fourth-order valence-corrected chi connectivity index (χ4v) is 0.956. The van der Waals surface area contributed by atoms with Gasteiger partial charge < -0.3 is 12.9 Å². The minimum Gasteiger partial charge on any atom is -0.445 e. The van der Waals surface area contributed by atoms with E-state index in [0.717, 1.165) is 12.1 Å². The van der Waals surface area contributed by atoms with Crippen LogP contribution in [0.4, 0.5) is 18.6 Å². The number of nitrogens with zero attached hydrogens (tertiary/aromatic N) is 1. The first kappa shape index (κ1) is 14.5.